The lowest BCUT2D eigenvalue weighted by Gasteiger charge is -2.21. The second-order valence-corrected chi connectivity index (χ2v) is 5.31. The Labute approximate surface area is 125 Å². The average molecular weight is 315 g/mol. The molecule has 7 heteroatoms. The summed E-state index contributed by atoms with van der Waals surface area (Å²) in [5.41, 5.74) is 0.698. The van der Waals surface area contributed by atoms with Gasteiger partial charge >= 0.3 is 0 Å². The first kappa shape index (κ1) is 14.8. The van der Waals surface area contributed by atoms with Gasteiger partial charge in [0.1, 0.15) is 6.04 Å². The summed E-state index contributed by atoms with van der Waals surface area (Å²) in [5, 5.41) is 5.57. The van der Waals surface area contributed by atoms with Crippen LogP contribution < -0.4 is 10.6 Å². The smallest absolute Gasteiger partial charge is 0.249 e. The van der Waals surface area contributed by atoms with Crippen molar-refractivity contribution in [1.82, 2.24) is 10.6 Å². The van der Waals surface area contributed by atoms with E-state index in [1.54, 1.807) is 18.2 Å². The summed E-state index contributed by atoms with van der Waals surface area (Å²) in [4.78, 5) is 34.4. The molecular formula is C13H12Cl2N2O3. The molecule has 1 atom stereocenters. The number of carbonyl (C=O) groups is 3. The number of piperidine rings is 1. The summed E-state index contributed by atoms with van der Waals surface area (Å²) in [6.45, 7) is 0. The minimum Gasteiger partial charge on any atom is -0.344 e. The quantitative estimate of drug-likeness (QED) is 0.829. The minimum atomic E-state index is -0.664. The molecule has 0 aliphatic carbocycles. The van der Waals surface area contributed by atoms with Crippen molar-refractivity contribution in [1.29, 1.82) is 0 Å². The summed E-state index contributed by atoms with van der Waals surface area (Å²) in [7, 11) is 0. The Morgan fingerprint density at radius 1 is 1.30 bits per heavy atom. The highest BCUT2D eigenvalue weighted by Gasteiger charge is 2.27. The van der Waals surface area contributed by atoms with E-state index in [1.807, 2.05) is 0 Å². The van der Waals surface area contributed by atoms with Crippen LogP contribution in [0.1, 0.15) is 18.4 Å². The molecule has 1 aromatic carbocycles. The predicted molar refractivity (Wildman–Crippen MR) is 74.5 cm³/mol. The maximum absolute atomic E-state index is 11.9. The molecule has 2 rings (SSSR count). The fourth-order valence-electron chi connectivity index (χ4n) is 1.91. The Morgan fingerprint density at radius 2 is 2.05 bits per heavy atom. The second-order valence-electron chi connectivity index (χ2n) is 4.50. The van der Waals surface area contributed by atoms with Crippen molar-refractivity contribution in [2.75, 3.05) is 0 Å². The number of hydrogen-bond donors (Lipinski definition) is 2. The Kier molecular flexibility index (Phi) is 4.62. The number of benzene rings is 1. The van der Waals surface area contributed by atoms with E-state index in [9.17, 15) is 14.4 Å². The molecule has 1 aliphatic heterocycles. The van der Waals surface area contributed by atoms with E-state index in [2.05, 4.69) is 10.6 Å². The third-order valence-corrected chi connectivity index (χ3v) is 3.66. The van der Waals surface area contributed by atoms with Crippen molar-refractivity contribution < 1.29 is 14.4 Å². The number of imide groups is 1. The lowest BCUT2D eigenvalue weighted by Crippen LogP contribution is -2.52. The predicted octanol–water partition coefficient (Wildman–Crippen LogP) is 1.46. The van der Waals surface area contributed by atoms with Gasteiger partial charge in [-0.25, -0.2) is 0 Å². The maximum atomic E-state index is 11.9. The van der Waals surface area contributed by atoms with Gasteiger partial charge in [0.05, 0.1) is 16.5 Å². The number of rotatable bonds is 3. The van der Waals surface area contributed by atoms with E-state index in [-0.39, 0.29) is 24.7 Å². The molecule has 1 aromatic rings. The van der Waals surface area contributed by atoms with Crippen molar-refractivity contribution >= 4 is 40.9 Å². The van der Waals surface area contributed by atoms with Crippen LogP contribution in [0, 0.1) is 0 Å². The monoisotopic (exact) mass is 314 g/mol. The van der Waals surface area contributed by atoms with Crippen molar-refractivity contribution in [2.24, 2.45) is 0 Å². The van der Waals surface area contributed by atoms with Crippen LogP contribution in [0.2, 0.25) is 10.0 Å². The van der Waals surface area contributed by atoms with Crippen LogP contribution in [0.5, 0.6) is 0 Å². The second kappa shape index (κ2) is 6.24. The molecule has 1 saturated heterocycles. The van der Waals surface area contributed by atoms with Crippen molar-refractivity contribution in [3.05, 3.63) is 33.8 Å². The fourth-order valence-corrected chi connectivity index (χ4v) is 2.23. The zero-order valence-electron chi connectivity index (χ0n) is 10.4. The Bertz CT molecular complexity index is 575. The van der Waals surface area contributed by atoms with Gasteiger partial charge in [-0.05, 0) is 24.1 Å². The standard InChI is InChI=1S/C13H12Cl2N2O3/c14-8-2-1-7(5-9(8)15)6-12(19)16-10-3-4-11(18)17-13(10)20/h1-2,5,10H,3-4,6H2,(H,16,19)(H,17,18,20). The van der Waals surface area contributed by atoms with E-state index >= 15 is 0 Å². The van der Waals surface area contributed by atoms with E-state index in [1.165, 1.54) is 0 Å². The number of carbonyl (C=O) groups excluding carboxylic acids is 3. The molecule has 1 aliphatic rings. The van der Waals surface area contributed by atoms with Gasteiger partial charge < -0.3 is 5.32 Å². The molecule has 3 amide bonds. The van der Waals surface area contributed by atoms with Gasteiger partial charge in [-0.2, -0.15) is 0 Å². The highest BCUT2D eigenvalue weighted by Crippen LogP contribution is 2.22. The third-order valence-electron chi connectivity index (χ3n) is 2.92. The van der Waals surface area contributed by atoms with E-state index in [0.29, 0.717) is 22.0 Å². The molecule has 0 spiro atoms. The SMILES string of the molecule is O=C1CCC(NC(=O)Cc2ccc(Cl)c(Cl)c2)C(=O)N1. The van der Waals surface area contributed by atoms with Crippen LogP contribution in [0.4, 0.5) is 0 Å². The molecule has 2 N–H and O–H groups in total. The molecule has 0 aromatic heterocycles. The maximum Gasteiger partial charge on any atom is 0.249 e. The molecule has 20 heavy (non-hydrogen) atoms. The van der Waals surface area contributed by atoms with Crippen molar-refractivity contribution in [3.63, 3.8) is 0 Å². The topological polar surface area (TPSA) is 75.3 Å². The number of halogens is 2. The van der Waals surface area contributed by atoms with Crippen molar-refractivity contribution in [3.8, 4) is 0 Å². The molecule has 5 nitrogen and oxygen atoms in total. The first-order chi connectivity index (χ1) is 9.45. The molecule has 1 fully saturated rings. The van der Waals surface area contributed by atoms with Gasteiger partial charge in [-0.1, -0.05) is 29.3 Å². The highest BCUT2D eigenvalue weighted by molar-refractivity contribution is 6.42. The van der Waals surface area contributed by atoms with Crippen LogP contribution in [0.15, 0.2) is 18.2 Å². The Morgan fingerprint density at radius 3 is 2.70 bits per heavy atom. The van der Waals surface area contributed by atoms with Crippen LogP contribution in [0.3, 0.4) is 0 Å². The Balaban J connectivity index is 1.93. The average Bonchev–Trinajstić information content (AvgIpc) is 2.37. The van der Waals surface area contributed by atoms with E-state index in [0.717, 1.165) is 0 Å². The molecular weight excluding hydrogens is 303 g/mol. The number of hydrogen-bond acceptors (Lipinski definition) is 3. The molecule has 0 radical (unpaired) electrons. The molecule has 106 valence electrons. The molecule has 0 bridgehead atoms. The summed E-state index contributed by atoms with van der Waals surface area (Å²) in [6, 6.07) is 4.24. The molecule has 1 heterocycles. The van der Waals surface area contributed by atoms with Gasteiger partial charge in [0.25, 0.3) is 0 Å². The lowest BCUT2D eigenvalue weighted by atomic mass is 10.1. The lowest BCUT2D eigenvalue weighted by molar-refractivity contribution is -0.137. The Hall–Kier alpha value is -1.59. The van der Waals surface area contributed by atoms with E-state index < -0.39 is 11.9 Å². The zero-order valence-corrected chi connectivity index (χ0v) is 11.9. The summed E-state index contributed by atoms with van der Waals surface area (Å²) >= 11 is 11.7. The molecule has 1 unspecified atom stereocenters. The summed E-state index contributed by atoms with van der Waals surface area (Å²) < 4.78 is 0. The summed E-state index contributed by atoms with van der Waals surface area (Å²) in [6.07, 6.45) is 0.635. The first-order valence-corrected chi connectivity index (χ1v) is 6.78. The first-order valence-electron chi connectivity index (χ1n) is 6.02. The fraction of sp³-hybridized carbons (Fsp3) is 0.308. The number of amides is 3. The van der Waals surface area contributed by atoms with Crippen LogP contribution in [-0.2, 0) is 20.8 Å². The van der Waals surface area contributed by atoms with E-state index in [4.69, 9.17) is 23.2 Å². The minimum absolute atomic E-state index is 0.0919. The molecule has 0 saturated carbocycles. The van der Waals surface area contributed by atoms with Crippen LogP contribution in [0.25, 0.3) is 0 Å². The van der Waals surface area contributed by atoms with Gasteiger partial charge in [0.15, 0.2) is 0 Å². The third kappa shape index (κ3) is 3.71. The van der Waals surface area contributed by atoms with Crippen LogP contribution >= 0.6 is 23.2 Å². The van der Waals surface area contributed by atoms with Gasteiger partial charge in [-0.15, -0.1) is 0 Å². The summed E-state index contributed by atoms with van der Waals surface area (Å²) in [5.74, 6) is -1.09. The highest BCUT2D eigenvalue weighted by atomic mass is 35.5. The van der Waals surface area contributed by atoms with Crippen LogP contribution in [-0.4, -0.2) is 23.8 Å². The van der Waals surface area contributed by atoms with Crippen molar-refractivity contribution in [2.45, 2.75) is 25.3 Å². The van der Waals surface area contributed by atoms with Gasteiger partial charge in [-0.3, -0.25) is 19.7 Å². The van der Waals surface area contributed by atoms with Gasteiger partial charge in [0, 0.05) is 6.42 Å². The largest absolute Gasteiger partial charge is 0.344 e. The number of nitrogens with one attached hydrogen (secondary N) is 2. The zero-order chi connectivity index (χ0) is 14.7. The van der Waals surface area contributed by atoms with Gasteiger partial charge in [0.2, 0.25) is 17.7 Å². The normalized spacial score (nSPS) is 18.6.